The highest BCUT2D eigenvalue weighted by Crippen LogP contribution is 2.34. The molecule has 2 aromatic rings. The van der Waals surface area contributed by atoms with E-state index in [2.05, 4.69) is 0 Å². The molecule has 0 saturated carbocycles. The first-order chi connectivity index (χ1) is 12.7. The lowest BCUT2D eigenvalue weighted by molar-refractivity contribution is -0.200. The van der Waals surface area contributed by atoms with Crippen LogP contribution in [0.3, 0.4) is 0 Å². The minimum absolute atomic E-state index is 0.0790. The summed E-state index contributed by atoms with van der Waals surface area (Å²) in [6, 6.07) is 13.9. The van der Waals surface area contributed by atoms with Crippen molar-refractivity contribution in [2.45, 2.75) is 18.4 Å². The van der Waals surface area contributed by atoms with E-state index < -0.39 is 29.7 Å². The van der Waals surface area contributed by atoms with Crippen molar-refractivity contribution in [1.29, 1.82) is 0 Å². The number of benzene rings is 2. The van der Waals surface area contributed by atoms with E-state index in [-0.39, 0.29) is 12.1 Å². The first kappa shape index (κ1) is 18.4. The zero-order chi connectivity index (χ0) is 19.7. The molecule has 0 spiro atoms. The van der Waals surface area contributed by atoms with Crippen LogP contribution in [0.4, 0.5) is 18.0 Å². The number of urea groups is 1. The van der Waals surface area contributed by atoms with Gasteiger partial charge < -0.3 is 5.32 Å². The maximum atomic E-state index is 13.8. The van der Waals surface area contributed by atoms with E-state index in [0.717, 1.165) is 0 Å². The van der Waals surface area contributed by atoms with Gasteiger partial charge in [-0.25, -0.2) is 4.79 Å². The molecule has 2 aromatic carbocycles. The Morgan fingerprint density at radius 3 is 2.11 bits per heavy atom. The molecule has 1 aliphatic rings. The van der Waals surface area contributed by atoms with Gasteiger partial charge in [0, 0.05) is 5.56 Å². The van der Waals surface area contributed by atoms with Crippen molar-refractivity contribution >= 4 is 17.8 Å². The molecule has 1 heterocycles. The Bertz CT molecular complexity index is 872. The molecule has 1 saturated heterocycles. The van der Waals surface area contributed by atoms with E-state index in [1.165, 1.54) is 24.3 Å². The summed E-state index contributed by atoms with van der Waals surface area (Å²) in [6.07, 6.45) is -5.24. The Balaban J connectivity index is 1.92. The molecule has 0 aromatic heterocycles. The summed E-state index contributed by atoms with van der Waals surface area (Å²) in [5.41, 5.74) is -3.13. The number of halogens is 3. The quantitative estimate of drug-likeness (QED) is 0.804. The van der Waals surface area contributed by atoms with Gasteiger partial charge in [-0.3, -0.25) is 19.8 Å². The maximum Gasteiger partial charge on any atom is 0.440 e. The summed E-state index contributed by atoms with van der Waals surface area (Å²) in [7, 11) is 0. The summed E-state index contributed by atoms with van der Waals surface area (Å²) in [5, 5.41) is 3.27. The fourth-order valence-corrected chi connectivity index (χ4v) is 2.67. The number of carbonyl (C=O) groups is 3. The Morgan fingerprint density at radius 2 is 1.56 bits per heavy atom. The fourth-order valence-electron chi connectivity index (χ4n) is 2.67. The van der Waals surface area contributed by atoms with Crippen molar-refractivity contribution in [3.63, 3.8) is 0 Å². The van der Waals surface area contributed by atoms with Crippen LogP contribution < -0.4 is 10.6 Å². The van der Waals surface area contributed by atoms with Gasteiger partial charge in [0.05, 0.1) is 6.54 Å². The van der Waals surface area contributed by atoms with Gasteiger partial charge in [-0.15, -0.1) is 0 Å². The summed E-state index contributed by atoms with van der Waals surface area (Å²) in [5.74, 6) is -2.73. The zero-order valence-electron chi connectivity index (χ0n) is 13.8. The number of hydrogen-bond acceptors (Lipinski definition) is 3. The van der Waals surface area contributed by atoms with Gasteiger partial charge in [0.25, 0.3) is 17.5 Å². The van der Waals surface area contributed by atoms with E-state index in [1.54, 1.807) is 47.0 Å². The minimum atomic E-state index is -5.24. The molecule has 0 bridgehead atoms. The van der Waals surface area contributed by atoms with E-state index in [1.807, 2.05) is 0 Å². The van der Waals surface area contributed by atoms with Gasteiger partial charge >= 0.3 is 12.2 Å². The third-order valence-corrected chi connectivity index (χ3v) is 4.05. The molecule has 6 nitrogen and oxygen atoms in total. The van der Waals surface area contributed by atoms with Crippen LogP contribution in [0.25, 0.3) is 0 Å². The zero-order valence-corrected chi connectivity index (χ0v) is 13.8. The number of imide groups is 1. The first-order valence-corrected chi connectivity index (χ1v) is 7.87. The highest BCUT2D eigenvalue weighted by Gasteiger charge is 2.68. The topological polar surface area (TPSA) is 78.5 Å². The van der Waals surface area contributed by atoms with Crippen LogP contribution >= 0.6 is 0 Å². The molecule has 2 N–H and O–H groups in total. The lowest BCUT2D eigenvalue weighted by atomic mass is 10.1. The second-order valence-electron chi connectivity index (χ2n) is 5.87. The monoisotopic (exact) mass is 377 g/mol. The summed E-state index contributed by atoms with van der Waals surface area (Å²) in [4.78, 5) is 37.3. The van der Waals surface area contributed by atoms with Gasteiger partial charge in [-0.1, -0.05) is 48.5 Å². The van der Waals surface area contributed by atoms with E-state index >= 15 is 0 Å². The predicted octanol–water partition coefficient (Wildman–Crippen LogP) is 2.43. The Morgan fingerprint density at radius 1 is 1.00 bits per heavy atom. The largest absolute Gasteiger partial charge is 0.440 e. The van der Waals surface area contributed by atoms with E-state index in [9.17, 15) is 27.6 Å². The molecule has 0 radical (unpaired) electrons. The summed E-state index contributed by atoms with van der Waals surface area (Å²) >= 11 is 0. The maximum absolute atomic E-state index is 13.8. The first-order valence-electron chi connectivity index (χ1n) is 7.87. The molecule has 3 rings (SSSR count). The third-order valence-electron chi connectivity index (χ3n) is 4.05. The fraction of sp³-hybridized carbons (Fsp3) is 0.167. The average molecular weight is 377 g/mol. The molecule has 0 aliphatic carbocycles. The van der Waals surface area contributed by atoms with Crippen LogP contribution in [-0.2, 0) is 11.3 Å². The Labute approximate surface area is 152 Å². The van der Waals surface area contributed by atoms with Crippen LogP contribution in [0.1, 0.15) is 15.9 Å². The van der Waals surface area contributed by atoms with Crippen LogP contribution in [0, 0.1) is 0 Å². The number of nitrogens with zero attached hydrogens (tertiary/aromatic N) is 1. The lowest BCUT2D eigenvalue weighted by Crippen LogP contribution is -2.69. The molecule has 1 atom stereocenters. The molecular formula is C18H14F3N3O3. The van der Waals surface area contributed by atoms with Crippen LogP contribution in [0.2, 0.25) is 0 Å². The van der Waals surface area contributed by atoms with Crippen LogP contribution in [0.5, 0.6) is 0 Å². The van der Waals surface area contributed by atoms with Crippen molar-refractivity contribution in [2.75, 3.05) is 0 Å². The number of alkyl halides is 3. The van der Waals surface area contributed by atoms with Gasteiger partial charge in [0.2, 0.25) is 0 Å². The normalized spacial score (nSPS) is 19.7. The molecule has 27 heavy (non-hydrogen) atoms. The van der Waals surface area contributed by atoms with Crippen LogP contribution in [-0.4, -0.2) is 34.6 Å². The number of rotatable bonds is 4. The number of nitrogens with one attached hydrogen (secondary N) is 2. The summed E-state index contributed by atoms with van der Waals surface area (Å²) in [6.45, 7) is -0.357. The molecule has 9 heteroatoms. The molecule has 140 valence electrons. The SMILES string of the molecule is O=C(N[C@]1(C(F)(F)F)NC(=O)N(Cc2ccccc2)C1=O)c1ccccc1. The smallest absolute Gasteiger partial charge is 0.314 e. The van der Waals surface area contributed by atoms with Crippen molar-refractivity contribution in [3.05, 3.63) is 71.8 Å². The number of hydrogen-bond donors (Lipinski definition) is 2. The minimum Gasteiger partial charge on any atom is -0.314 e. The average Bonchev–Trinajstić information content (AvgIpc) is 2.88. The third kappa shape index (κ3) is 3.35. The molecular weight excluding hydrogens is 363 g/mol. The Hall–Kier alpha value is -3.36. The number of amides is 4. The van der Waals surface area contributed by atoms with Crippen molar-refractivity contribution in [3.8, 4) is 0 Å². The molecule has 1 fully saturated rings. The predicted molar refractivity (Wildman–Crippen MR) is 88.2 cm³/mol. The summed E-state index contributed by atoms with van der Waals surface area (Å²) < 4.78 is 41.3. The van der Waals surface area contributed by atoms with E-state index in [4.69, 9.17) is 0 Å². The molecule has 1 aliphatic heterocycles. The van der Waals surface area contributed by atoms with E-state index in [0.29, 0.717) is 10.5 Å². The molecule has 4 amide bonds. The Kier molecular flexibility index (Phi) is 4.61. The second-order valence-corrected chi connectivity index (χ2v) is 5.87. The molecule has 0 unspecified atom stereocenters. The highest BCUT2D eigenvalue weighted by atomic mass is 19.4. The van der Waals surface area contributed by atoms with Crippen molar-refractivity contribution < 1.29 is 27.6 Å². The van der Waals surface area contributed by atoms with Gasteiger partial charge in [-0.05, 0) is 17.7 Å². The number of carbonyl (C=O) groups excluding carboxylic acids is 3. The van der Waals surface area contributed by atoms with Crippen molar-refractivity contribution in [2.24, 2.45) is 0 Å². The standard InChI is InChI=1S/C18H14F3N3O3/c19-18(20,21)17(22-14(25)13-9-5-2-6-10-13)15(26)24(16(27)23-17)11-12-7-3-1-4-8-12/h1-10H,11H2,(H,22,25)(H,23,27)/t17-/m0/s1. The van der Waals surface area contributed by atoms with Crippen LogP contribution in [0.15, 0.2) is 60.7 Å². The van der Waals surface area contributed by atoms with Gasteiger partial charge in [0.15, 0.2) is 0 Å². The van der Waals surface area contributed by atoms with Crippen molar-refractivity contribution in [1.82, 2.24) is 15.5 Å². The second kappa shape index (κ2) is 6.75. The lowest BCUT2D eigenvalue weighted by Gasteiger charge is -2.29. The highest BCUT2D eigenvalue weighted by molar-refractivity contribution is 6.10. The van der Waals surface area contributed by atoms with Gasteiger partial charge in [0.1, 0.15) is 0 Å². The van der Waals surface area contributed by atoms with Gasteiger partial charge in [-0.2, -0.15) is 13.2 Å².